The van der Waals surface area contributed by atoms with Crippen LogP contribution in [0.1, 0.15) is 22.3 Å². The number of nitrogens with one attached hydrogen (secondary N) is 2. The van der Waals surface area contributed by atoms with Crippen LogP contribution < -0.4 is 10.2 Å². The maximum atomic E-state index is 12.6. The third kappa shape index (κ3) is 5.47. The summed E-state index contributed by atoms with van der Waals surface area (Å²) in [5.41, 5.74) is 2.53. The van der Waals surface area contributed by atoms with Crippen LogP contribution >= 0.6 is 11.6 Å². The van der Waals surface area contributed by atoms with E-state index in [9.17, 15) is 18.0 Å². The highest BCUT2D eigenvalue weighted by atomic mass is 35.5. The van der Waals surface area contributed by atoms with E-state index in [1.54, 1.807) is 13.1 Å². The number of rotatable bonds is 5. The molecular weight excluding hydrogens is 365 g/mol. The molecule has 1 unspecified atom stereocenters. The number of halogens is 4. The quantitative estimate of drug-likeness (QED) is 0.809. The van der Waals surface area contributed by atoms with Crippen molar-refractivity contribution in [3.05, 3.63) is 63.7 Å². The largest absolute Gasteiger partial charge is 0.416 e. The highest BCUT2D eigenvalue weighted by Gasteiger charge is 2.30. The van der Waals surface area contributed by atoms with Gasteiger partial charge in [0.2, 0.25) is 0 Å². The van der Waals surface area contributed by atoms with E-state index in [0.29, 0.717) is 17.3 Å². The van der Waals surface area contributed by atoms with Gasteiger partial charge in [-0.05, 0) is 43.2 Å². The minimum absolute atomic E-state index is 0.171. The number of carbonyl (C=O) groups excluding carboxylic acids is 1. The van der Waals surface area contributed by atoms with Crippen molar-refractivity contribution in [3.63, 3.8) is 0 Å². The zero-order chi connectivity index (χ0) is 19.5. The van der Waals surface area contributed by atoms with Gasteiger partial charge in [-0.15, -0.1) is 0 Å². The number of likely N-dealkylation sites (N-methyl/N-ethyl adjacent to an activating group) is 1. The van der Waals surface area contributed by atoms with Gasteiger partial charge >= 0.3 is 6.18 Å². The SMILES string of the molecule is Cc1cc(C)c(NC(=O)C[NH+](C)Cc2ccc(C(F)(F)F)cc2)c(Cl)c1. The standard InChI is InChI=1S/C19H20ClF3N2O/c1-12-8-13(2)18(16(20)9-12)24-17(26)11-25(3)10-14-4-6-15(7-5-14)19(21,22)23/h4-9H,10-11H2,1-3H3,(H,24,26)/p+1. The number of carbonyl (C=O) groups is 1. The first kappa shape index (κ1) is 20.3. The fourth-order valence-electron chi connectivity index (χ4n) is 2.75. The molecule has 1 amide bonds. The summed E-state index contributed by atoms with van der Waals surface area (Å²) >= 11 is 6.18. The summed E-state index contributed by atoms with van der Waals surface area (Å²) in [4.78, 5) is 13.1. The molecule has 2 aromatic rings. The van der Waals surface area contributed by atoms with E-state index < -0.39 is 11.7 Å². The molecule has 0 aliphatic heterocycles. The van der Waals surface area contributed by atoms with Crippen molar-refractivity contribution in [1.29, 1.82) is 0 Å². The molecule has 0 saturated heterocycles. The molecule has 0 aliphatic rings. The number of hydrogen-bond acceptors (Lipinski definition) is 1. The molecule has 140 valence electrons. The van der Waals surface area contributed by atoms with Crippen LogP contribution in [-0.4, -0.2) is 19.5 Å². The van der Waals surface area contributed by atoms with Crippen molar-refractivity contribution in [2.75, 3.05) is 18.9 Å². The number of amides is 1. The van der Waals surface area contributed by atoms with Crippen LogP contribution in [0.4, 0.5) is 18.9 Å². The van der Waals surface area contributed by atoms with Gasteiger partial charge in [0, 0.05) is 5.56 Å². The van der Waals surface area contributed by atoms with E-state index >= 15 is 0 Å². The summed E-state index contributed by atoms with van der Waals surface area (Å²) in [5.74, 6) is -0.205. The van der Waals surface area contributed by atoms with E-state index in [2.05, 4.69) is 5.32 Å². The first-order valence-corrected chi connectivity index (χ1v) is 8.48. The molecule has 0 saturated carbocycles. The Morgan fingerprint density at radius 1 is 1.15 bits per heavy atom. The van der Waals surface area contributed by atoms with E-state index in [1.807, 2.05) is 19.9 Å². The number of quaternary nitrogens is 1. The second-order valence-corrected chi connectivity index (χ2v) is 6.90. The molecule has 26 heavy (non-hydrogen) atoms. The van der Waals surface area contributed by atoms with Gasteiger partial charge in [0.25, 0.3) is 5.91 Å². The molecule has 2 rings (SSSR count). The molecule has 3 nitrogen and oxygen atoms in total. The lowest BCUT2D eigenvalue weighted by molar-refractivity contribution is -0.885. The number of aryl methyl sites for hydroxylation is 2. The van der Waals surface area contributed by atoms with Crippen molar-refractivity contribution in [2.24, 2.45) is 0 Å². The van der Waals surface area contributed by atoms with Gasteiger partial charge in [-0.3, -0.25) is 4.79 Å². The smallest absolute Gasteiger partial charge is 0.326 e. The second-order valence-electron chi connectivity index (χ2n) is 6.49. The monoisotopic (exact) mass is 385 g/mol. The third-order valence-electron chi connectivity index (χ3n) is 3.95. The summed E-state index contributed by atoms with van der Waals surface area (Å²) in [7, 11) is 1.81. The molecule has 0 radical (unpaired) electrons. The van der Waals surface area contributed by atoms with Gasteiger partial charge in [0.15, 0.2) is 6.54 Å². The Kier molecular flexibility index (Phi) is 6.31. The van der Waals surface area contributed by atoms with Crippen LogP contribution in [-0.2, 0) is 17.5 Å². The first-order valence-electron chi connectivity index (χ1n) is 8.10. The molecule has 0 fully saturated rings. The van der Waals surface area contributed by atoms with Gasteiger partial charge in [-0.2, -0.15) is 13.2 Å². The van der Waals surface area contributed by atoms with Gasteiger partial charge < -0.3 is 10.2 Å². The molecule has 2 aromatic carbocycles. The van der Waals surface area contributed by atoms with Gasteiger partial charge in [0.1, 0.15) is 6.54 Å². The Balaban J connectivity index is 1.95. The lowest BCUT2D eigenvalue weighted by atomic mass is 10.1. The van der Waals surface area contributed by atoms with Crippen LogP contribution in [0.3, 0.4) is 0 Å². The maximum Gasteiger partial charge on any atom is 0.416 e. The van der Waals surface area contributed by atoms with E-state index in [4.69, 9.17) is 11.6 Å². The Bertz CT molecular complexity index is 765. The maximum absolute atomic E-state index is 12.6. The average Bonchev–Trinajstić information content (AvgIpc) is 2.50. The number of benzene rings is 2. The van der Waals surface area contributed by atoms with Crippen molar-refractivity contribution >= 4 is 23.2 Å². The van der Waals surface area contributed by atoms with Gasteiger partial charge in [-0.1, -0.05) is 29.8 Å². The average molecular weight is 386 g/mol. The Hall–Kier alpha value is -2.05. The molecule has 2 N–H and O–H groups in total. The minimum atomic E-state index is -4.34. The number of alkyl halides is 3. The molecular formula is C19H21ClF3N2O+. The predicted molar refractivity (Wildman–Crippen MR) is 96.5 cm³/mol. The van der Waals surface area contributed by atoms with Crippen molar-refractivity contribution < 1.29 is 22.9 Å². The molecule has 7 heteroatoms. The normalized spacial score (nSPS) is 12.7. The van der Waals surface area contributed by atoms with Crippen molar-refractivity contribution in [3.8, 4) is 0 Å². The summed E-state index contributed by atoms with van der Waals surface area (Å²) in [6.45, 7) is 4.40. The van der Waals surface area contributed by atoms with Crippen LogP contribution in [0, 0.1) is 13.8 Å². The summed E-state index contributed by atoms with van der Waals surface area (Å²) in [6, 6.07) is 8.69. The zero-order valence-electron chi connectivity index (χ0n) is 14.8. The topological polar surface area (TPSA) is 33.5 Å². The lowest BCUT2D eigenvalue weighted by Crippen LogP contribution is -3.08. The molecule has 1 atom stereocenters. The minimum Gasteiger partial charge on any atom is -0.326 e. The van der Waals surface area contributed by atoms with Crippen LogP contribution in [0.25, 0.3) is 0 Å². The van der Waals surface area contributed by atoms with E-state index in [1.165, 1.54) is 12.1 Å². The highest BCUT2D eigenvalue weighted by Crippen LogP contribution is 2.29. The Morgan fingerprint density at radius 2 is 1.77 bits per heavy atom. The Labute approximate surface area is 155 Å². The molecule has 0 aromatic heterocycles. The van der Waals surface area contributed by atoms with E-state index in [0.717, 1.165) is 33.7 Å². The molecule has 0 spiro atoms. The van der Waals surface area contributed by atoms with Crippen LogP contribution in [0.2, 0.25) is 5.02 Å². The molecule has 0 aliphatic carbocycles. The Morgan fingerprint density at radius 3 is 2.31 bits per heavy atom. The number of anilines is 1. The highest BCUT2D eigenvalue weighted by molar-refractivity contribution is 6.34. The van der Waals surface area contributed by atoms with Crippen LogP contribution in [0.15, 0.2) is 36.4 Å². The zero-order valence-corrected chi connectivity index (χ0v) is 15.6. The van der Waals surface area contributed by atoms with Gasteiger partial charge in [0.05, 0.1) is 23.3 Å². The fraction of sp³-hybridized carbons (Fsp3) is 0.316. The summed E-state index contributed by atoms with van der Waals surface area (Å²) in [5, 5.41) is 3.29. The van der Waals surface area contributed by atoms with Crippen molar-refractivity contribution in [2.45, 2.75) is 26.6 Å². The summed E-state index contributed by atoms with van der Waals surface area (Å²) in [6.07, 6.45) is -4.34. The fourth-order valence-corrected chi connectivity index (χ4v) is 3.12. The van der Waals surface area contributed by atoms with Crippen LogP contribution in [0.5, 0.6) is 0 Å². The van der Waals surface area contributed by atoms with E-state index in [-0.39, 0.29) is 12.5 Å². The van der Waals surface area contributed by atoms with Crippen molar-refractivity contribution in [1.82, 2.24) is 0 Å². The third-order valence-corrected chi connectivity index (χ3v) is 4.24. The molecule has 0 heterocycles. The lowest BCUT2D eigenvalue weighted by Gasteiger charge is -2.16. The second kappa shape index (κ2) is 8.10. The predicted octanol–water partition coefficient (Wildman–Crippen LogP) is 3.63. The summed E-state index contributed by atoms with van der Waals surface area (Å²) < 4.78 is 37.7. The molecule has 0 bridgehead atoms. The first-order chi connectivity index (χ1) is 12.1. The number of hydrogen-bond donors (Lipinski definition) is 2. The van der Waals surface area contributed by atoms with Gasteiger partial charge in [-0.25, -0.2) is 0 Å².